The van der Waals surface area contributed by atoms with E-state index in [-0.39, 0.29) is 18.5 Å². The summed E-state index contributed by atoms with van der Waals surface area (Å²) in [4.78, 5) is 28.7. The molecule has 24 heavy (non-hydrogen) atoms. The minimum absolute atomic E-state index is 0.100. The average Bonchev–Trinajstić information content (AvgIpc) is 2.56. The number of benzene rings is 1. The molecule has 1 aromatic heterocycles. The molecule has 1 aromatic carbocycles. The standard InChI is InChI=1S/C18H22N4O2/c1-12-6-7-14(9-13(12)2)17(15-5-4-8-20-10-15)21-16(23)11-22(3)18(19)24/h4-10,17H,11H2,1-3H3,(H2,19,24)(H,21,23). The number of hydrogen-bond acceptors (Lipinski definition) is 3. The van der Waals surface area contributed by atoms with E-state index in [9.17, 15) is 9.59 Å². The van der Waals surface area contributed by atoms with Crippen molar-refractivity contribution in [3.05, 3.63) is 65.0 Å². The van der Waals surface area contributed by atoms with Crippen LogP contribution in [0.3, 0.4) is 0 Å². The molecule has 0 spiro atoms. The van der Waals surface area contributed by atoms with Crippen molar-refractivity contribution >= 4 is 11.9 Å². The van der Waals surface area contributed by atoms with E-state index in [1.54, 1.807) is 12.4 Å². The highest BCUT2D eigenvalue weighted by Crippen LogP contribution is 2.23. The van der Waals surface area contributed by atoms with Gasteiger partial charge in [0.2, 0.25) is 5.91 Å². The van der Waals surface area contributed by atoms with E-state index in [0.29, 0.717) is 0 Å². The Labute approximate surface area is 141 Å². The van der Waals surface area contributed by atoms with Crippen LogP contribution in [0, 0.1) is 13.8 Å². The summed E-state index contributed by atoms with van der Waals surface area (Å²) in [5.74, 6) is -0.289. The number of likely N-dealkylation sites (N-methyl/N-ethyl adjacent to an activating group) is 1. The summed E-state index contributed by atoms with van der Waals surface area (Å²) in [6, 6.07) is 8.80. The lowest BCUT2D eigenvalue weighted by Crippen LogP contribution is -2.42. The fourth-order valence-corrected chi connectivity index (χ4v) is 2.35. The van der Waals surface area contributed by atoms with E-state index >= 15 is 0 Å². The number of rotatable bonds is 5. The first-order valence-electron chi connectivity index (χ1n) is 7.65. The molecule has 0 saturated carbocycles. The summed E-state index contributed by atoms with van der Waals surface area (Å²) >= 11 is 0. The second-order valence-electron chi connectivity index (χ2n) is 5.82. The van der Waals surface area contributed by atoms with Crippen molar-refractivity contribution in [1.82, 2.24) is 15.2 Å². The SMILES string of the molecule is Cc1ccc(C(NC(=O)CN(C)C(N)=O)c2cccnc2)cc1C. The van der Waals surface area contributed by atoms with Crippen LogP contribution in [0.15, 0.2) is 42.7 Å². The summed E-state index contributed by atoms with van der Waals surface area (Å²) in [6.07, 6.45) is 3.40. The van der Waals surface area contributed by atoms with Gasteiger partial charge in [-0.05, 0) is 42.2 Å². The van der Waals surface area contributed by atoms with E-state index in [4.69, 9.17) is 5.73 Å². The van der Waals surface area contributed by atoms with Crippen molar-refractivity contribution in [1.29, 1.82) is 0 Å². The zero-order valence-corrected chi connectivity index (χ0v) is 14.1. The van der Waals surface area contributed by atoms with E-state index in [2.05, 4.69) is 10.3 Å². The van der Waals surface area contributed by atoms with Crippen LogP contribution in [0.2, 0.25) is 0 Å². The molecule has 6 heteroatoms. The number of nitrogens with zero attached hydrogens (tertiary/aromatic N) is 2. The number of carbonyl (C=O) groups is 2. The molecule has 3 amide bonds. The van der Waals surface area contributed by atoms with Crippen molar-refractivity contribution in [3.63, 3.8) is 0 Å². The van der Waals surface area contributed by atoms with Gasteiger partial charge >= 0.3 is 6.03 Å². The first kappa shape index (κ1) is 17.5. The van der Waals surface area contributed by atoms with Gasteiger partial charge < -0.3 is 16.0 Å². The maximum atomic E-state index is 12.3. The molecule has 126 valence electrons. The quantitative estimate of drug-likeness (QED) is 0.880. The lowest BCUT2D eigenvalue weighted by molar-refractivity contribution is -0.121. The Bertz CT molecular complexity index is 731. The van der Waals surface area contributed by atoms with Gasteiger partial charge in [-0.3, -0.25) is 9.78 Å². The number of aromatic nitrogens is 1. The lowest BCUT2D eigenvalue weighted by Gasteiger charge is -2.22. The number of urea groups is 1. The van der Waals surface area contributed by atoms with Crippen molar-refractivity contribution in [3.8, 4) is 0 Å². The first-order chi connectivity index (χ1) is 11.4. The lowest BCUT2D eigenvalue weighted by atomic mass is 9.96. The van der Waals surface area contributed by atoms with Crippen LogP contribution in [0.4, 0.5) is 4.79 Å². The molecule has 0 aliphatic carbocycles. The monoisotopic (exact) mass is 326 g/mol. The van der Waals surface area contributed by atoms with Gasteiger partial charge in [0.1, 0.15) is 6.54 Å². The Morgan fingerprint density at radius 2 is 1.96 bits per heavy atom. The number of carbonyl (C=O) groups excluding carboxylic acids is 2. The predicted octanol–water partition coefficient (Wildman–Crippen LogP) is 1.91. The normalized spacial score (nSPS) is 11.6. The molecule has 1 atom stereocenters. The van der Waals surface area contributed by atoms with Gasteiger partial charge in [-0.2, -0.15) is 0 Å². The van der Waals surface area contributed by atoms with Crippen molar-refractivity contribution in [2.24, 2.45) is 5.73 Å². The zero-order chi connectivity index (χ0) is 17.7. The van der Waals surface area contributed by atoms with Crippen LogP contribution in [0.1, 0.15) is 28.3 Å². The molecule has 0 aliphatic heterocycles. The molecule has 0 bridgehead atoms. The van der Waals surface area contributed by atoms with Gasteiger partial charge in [0.15, 0.2) is 0 Å². The number of primary amides is 1. The third-order valence-corrected chi connectivity index (χ3v) is 3.94. The van der Waals surface area contributed by atoms with Crippen molar-refractivity contribution in [2.75, 3.05) is 13.6 Å². The number of nitrogens with one attached hydrogen (secondary N) is 1. The molecule has 3 N–H and O–H groups in total. The molecule has 0 saturated heterocycles. The summed E-state index contributed by atoms with van der Waals surface area (Å²) < 4.78 is 0. The highest BCUT2D eigenvalue weighted by Gasteiger charge is 2.19. The molecule has 0 aliphatic rings. The summed E-state index contributed by atoms with van der Waals surface area (Å²) in [5, 5.41) is 2.95. The summed E-state index contributed by atoms with van der Waals surface area (Å²) in [5.41, 5.74) is 9.33. The number of amides is 3. The maximum absolute atomic E-state index is 12.3. The highest BCUT2D eigenvalue weighted by atomic mass is 16.2. The van der Waals surface area contributed by atoms with Gasteiger partial charge in [0.25, 0.3) is 0 Å². The van der Waals surface area contributed by atoms with Crippen LogP contribution in [-0.4, -0.2) is 35.4 Å². The van der Waals surface area contributed by atoms with E-state index in [0.717, 1.165) is 21.6 Å². The van der Waals surface area contributed by atoms with Crippen LogP contribution in [-0.2, 0) is 4.79 Å². The van der Waals surface area contributed by atoms with E-state index in [1.165, 1.54) is 12.6 Å². The topological polar surface area (TPSA) is 88.3 Å². The molecule has 2 rings (SSSR count). The van der Waals surface area contributed by atoms with Crippen LogP contribution >= 0.6 is 0 Å². The summed E-state index contributed by atoms with van der Waals surface area (Å²) in [6.45, 7) is 3.97. The second-order valence-corrected chi connectivity index (χ2v) is 5.82. The predicted molar refractivity (Wildman–Crippen MR) is 92.4 cm³/mol. The fraction of sp³-hybridized carbons (Fsp3) is 0.278. The Kier molecular flexibility index (Phi) is 5.52. The third kappa shape index (κ3) is 4.32. The number of pyridine rings is 1. The molecule has 6 nitrogen and oxygen atoms in total. The molecule has 1 unspecified atom stereocenters. The minimum atomic E-state index is -0.644. The number of aryl methyl sites for hydroxylation is 2. The fourth-order valence-electron chi connectivity index (χ4n) is 2.35. The van der Waals surface area contributed by atoms with E-state index in [1.807, 2.05) is 44.2 Å². The van der Waals surface area contributed by atoms with Crippen molar-refractivity contribution in [2.45, 2.75) is 19.9 Å². The molecule has 1 heterocycles. The number of hydrogen-bond donors (Lipinski definition) is 2. The second kappa shape index (κ2) is 7.59. The first-order valence-corrected chi connectivity index (χ1v) is 7.65. The van der Waals surface area contributed by atoms with Crippen LogP contribution in [0.5, 0.6) is 0 Å². The third-order valence-electron chi connectivity index (χ3n) is 3.94. The Balaban J connectivity index is 2.28. The molecular formula is C18H22N4O2. The molecule has 2 aromatic rings. The zero-order valence-electron chi connectivity index (χ0n) is 14.1. The Hall–Kier alpha value is -2.89. The van der Waals surface area contributed by atoms with Crippen LogP contribution < -0.4 is 11.1 Å². The van der Waals surface area contributed by atoms with Gasteiger partial charge in [0.05, 0.1) is 6.04 Å². The van der Waals surface area contributed by atoms with Crippen molar-refractivity contribution < 1.29 is 9.59 Å². The average molecular weight is 326 g/mol. The van der Waals surface area contributed by atoms with Gasteiger partial charge in [-0.25, -0.2) is 4.79 Å². The largest absolute Gasteiger partial charge is 0.351 e. The Morgan fingerprint density at radius 3 is 2.54 bits per heavy atom. The Morgan fingerprint density at radius 1 is 1.21 bits per heavy atom. The van der Waals surface area contributed by atoms with Crippen LogP contribution in [0.25, 0.3) is 0 Å². The smallest absolute Gasteiger partial charge is 0.314 e. The number of nitrogens with two attached hydrogens (primary N) is 1. The minimum Gasteiger partial charge on any atom is -0.351 e. The van der Waals surface area contributed by atoms with Gasteiger partial charge in [0, 0.05) is 19.4 Å². The molecule has 0 fully saturated rings. The van der Waals surface area contributed by atoms with Gasteiger partial charge in [-0.15, -0.1) is 0 Å². The molecular weight excluding hydrogens is 304 g/mol. The van der Waals surface area contributed by atoms with Gasteiger partial charge in [-0.1, -0.05) is 24.3 Å². The maximum Gasteiger partial charge on any atom is 0.314 e. The summed E-state index contributed by atoms with van der Waals surface area (Å²) in [7, 11) is 1.48. The molecule has 0 radical (unpaired) electrons. The van der Waals surface area contributed by atoms with E-state index < -0.39 is 6.03 Å². The highest BCUT2D eigenvalue weighted by molar-refractivity contribution is 5.83.